The van der Waals surface area contributed by atoms with Crippen LogP contribution < -0.4 is 11.1 Å². The van der Waals surface area contributed by atoms with E-state index in [1.807, 2.05) is 0 Å². The Bertz CT molecular complexity index is 538. The summed E-state index contributed by atoms with van der Waals surface area (Å²) in [5.74, 6) is -2.32. The van der Waals surface area contributed by atoms with Crippen molar-refractivity contribution in [2.24, 2.45) is 5.73 Å². The lowest BCUT2D eigenvalue weighted by molar-refractivity contribution is -0.113. The van der Waals surface area contributed by atoms with Crippen LogP contribution in [0.3, 0.4) is 0 Å². The number of benzene rings is 1. The van der Waals surface area contributed by atoms with Crippen LogP contribution in [0, 0.1) is 0 Å². The number of carboxylic acid groups (broad SMARTS) is 1. The predicted octanol–water partition coefficient (Wildman–Crippen LogP) is 1.73. The summed E-state index contributed by atoms with van der Waals surface area (Å²) in [6.45, 7) is 0. The molecule has 0 radical (unpaired) electrons. The normalized spacial score (nSPS) is 12.1. The number of anilines is 1. The largest absolute Gasteiger partial charge is 0.478 e. The van der Waals surface area contributed by atoms with Gasteiger partial charge >= 0.3 is 12.1 Å². The van der Waals surface area contributed by atoms with E-state index in [2.05, 4.69) is 11.1 Å². The van der Waals surface area contributed by atoms with Crippen LogP contribution in [-0.2, 0) is 4.79 Å². The van der Waals surface area contributed by atoms with Crippen molar-refractivity contribution < 1.29 is 27.9 Å². The molecule has 1 aromatic rings. The molecular weight excluding hydrogens is 265 g/mol. The number of alkyl halides is 3. The Hall–Kier alpha value is -2.51. The third-order valence-electron chi connectivity index (χ3n) is 1.99. The maximum atomic E-state index is 12.1. The summed E-state index contributed by atoms with van der Waals surface area (Å²) < 4.78 is 36.2. The van der Waals surface area contributed by atoms with E-state index in [-0.39, 0.29) is 17.3 Å². The fraction of sp³-hybridized carbons (Fsp3) is 0.0909. The van der Waals surface area contributed by atoms with Gasteiger partial charge in [-0.05, 0) is 18.2 Å². The predicted molar refractivity (Wildman–Crippen MR) is 60.4 cm³/mol. The van der Waals surface area contributed by atoms with Gasteiger partial charge in [0.2, 0.25) is 5.91 Å². The van der Waals surface area contributed by atoms with Crippen LogP contribution in [-0.4, -0.2) is 23.2 Å². The van der Waals surface area contributed by atoms with Crippen molar-refractivity contribution in [1.82, 2.24) is 0 Å². The molecule has 5 nitrogen and oxygen atoms in total. The van der Waals surface area contributed by atoms with Crippen molar-refractivity contribution in [3.05, 3.63) is 41.6 Å². The summed E-state index contributed by atoms with van der Waals surface area (Å²) in [5.41, 5.74) is 3.07. The zero-order valence-electron chi connectivity index (χ0n) is 9.36. The molecule has 0 saturated heterocycles. The van der Waals surface area contributed by atoms with Gasteiger partial charge in [0.25, 0.3) is 0 Å². The number of amides is 1. The van der Waals surface area contributed by atoms with Gasteiger partial charge in [0.05, 0.1) is 5.56 Å². The number of allylic oxidation sites excluding steroid dienone is 1. The lowest BCUT2D eigenvalue weighted by Crippen LogP contribution is -2.22. The molecule has 8 heteroatoms. The van der Waals surface area contributed by atoms with Crippen molar-refractivity contribution in [1.29, 1.82) is 0 Å². The van der Waals surface area contributed by atoms with E-state index in [0.29, 0.717) is 0 Å². The van der Waals surface area contributed by atoms with Crippen LogP contribution in [0.15, 0.2) is 36.0 Å². The molecule has 0 aromatic heterocycles. The number of halogens is 3. The quantitative estimate of drug-likeness (QED) is 0.732. The first-order valence-corrected chi connectivity index (χ1v) is 4.89. The van der Waals surface area contributed by atoms with Gasteiger partial charge in [-0.1, -0.05) is 6.07 Å². The highest BCUT2D eigenvalue weighted by atomic mass is 19.4. The highest BCUT2D eigenvalue weighted by molar-refractivity contribution is 6.00. The average molecular weight is 274 g/mol. The Morgan fingerprint density at radius 3 is 2.47 bits per heavy atom. The number of nitrogens with one attached hydrogen (secondary N) is 1. The van der Waals surface area contributed by atoms with E-state index < -0.39 is 23.7 Å². The SMILES string of the molecule is N/C(=C\C(=O)Nc1cccc(C(=O)O)c1)C(F)(F)F. The highest BCUT2D eigenvalue weighted by Gasteiger charge is 2.31. The Kier molecular flexibility index (Phi) is 4.15. The first-order valence-electron chi connectivity index (χ1n) is 4.89. The summed E-state index contributed by atoms with van der Waals surface area (Å²) in [6.07, 6.45) is -4.60. The molecule has 1 aromatic carbocycles. The summed E-state index contributed by atoms with van der Waals surface area (Å²) in [7, 11) is 0. The molecule has 0 heterocycles. The van der Waals surface area contributed by atoms with Gasteiger partial charge in [-0.3, -0.25) is 4.79 Å². The number of hydrogen-bond acceptors (Lipinski definition) is 3. The fourth-order valence-corrected chi connectivity index (χ4v) is 1.13. The summed E-state index contributed by atoms with van der Waals surface area (Å²) in [4.78, 5) is 21.9. The van der Waals surface area contributed by atoms with E-state index >= 15 is 0 Å². The second kappa shape index (κ2) is 5.42. The number of carboxylic acids is 1. The second-order valence-corrected chi connectivity index (χ2v) is 3.47. The van der Waals surface area contributed by atoms with Gasteiger partial charge in [-0.15, -0.1) is 0 Å². The first-order chi connectivity index (χ1) is 8.70. The summed E-state index contributed by atoms with van der Waals surface area (Å²) >= 11 is 0. The molecule has 0 aliphatic rings. The third kappa shape index (κ3) is 4.34. The van der Waals surface area contributed by atoms with Crippen LogP contribution in [0.25, 0.3) is 0 Å². The van der Waals surface area contributed by atoms with Gasteiger partial charge in [0, 0.05) is 11.8 Å². The standard InChI is InChI=1S/C11H9F3N2O3/c12-11(13,14)8(15)5-9(17)16-7-3-1-2-6(4-7)10(18)19/h1-5H,15H2,(H,16,17)(H,18,19)/b8-5-. The number of rotatable bonds is 3. The van der Waals surface area contributed by atoms with Crippen molar-refractivity contribution in [2.45, 2.75) is 6.18 Å². The maximum Gasteiger partial charge on any atom is 0.430 e. The molecule has 0 bridgehead atoms. The van der Waals surface area contributed by atoms with Gasteiger partial charge in [-0.2, -0.15) is 13.2 Å². The van der Waals surface area contributed by atoms with Crippen LogP contribution in [0.5, 0.6) is 0 Å². The minimum absolute atomic E-state index is 0.0520. The first kappa shape index (κ1) is 14.6. The molecule has 19 heavy (non-hydrogen) atoms. The molecule has 102 valence electrons. The van der Waals surface area contributed by atoms with Gasteiger partial charge < -0.3 is 16.2 Å². The smallest absolute Gasteiger partial charge is 0.430 e. The Morgan fingerprint density at radius 2 is 1.95 bits per heavy atom. The van der Waals surface area contributed by atoms with Crippen LogP contribution in [0.1, 0.15) is 10.4 Å². The number of carbonyl (C=O) groups is 2. The van der Waals surface area contributed by atoms with Crippen molar-refractivity contribution in [3.8, 4) is 0 Å². The van der Waals surface area contributed by atoms with E-state index in [4.69, 9.17) is 5.11 Å². The lowest BCUT2D eigenvalue weighted by atomic mass is 10.2. The van der Waals surface area contributed by atoms with Gasteiger partial charge in [0.15, 0.2) is 0 Å². The van der Waals surface area contributed by atoms with Crippen LogP contribution in [0.2, 0.25) is 0 Å². The summed E-state index contributed by atoms with van der Waals surface area (Å²) in [5, 5.41) is 10.8. The molecule has 0 fully saturated rings. The van der Waals surface area contributed by atoms with Gasteiger partial charge in [-0.25, -0.2) is 4.79 Å². The topological polar surface area (TPSA) is 92.4 Å². The number of nitrogens with two attached hydrogens (primary N) is 1. The van der Waals surface area contributed by atoms with Crippen molar-refractivity contribution in [2.75, 3.05) is 5.32 Å². The van der Waals surface area contributed by atoms with Crippen LogP contribution in [0.4, 0.5) is 18.9 Å². The molecule has 1 amide bonds. The fourth-order valence-electron chi connectivity index (χ4n) is 1.13. The molecule has 0 atom stereocenters. The molecule has 1 rings (SSSR count). The minimum Gasteiger partial charge on any atom is -0.478 e. The van der Waals surface area contributed by atoms with E-state index in [9.17, 15) is 22.8 Å². The van der Waals surface area contributed by atoms with E-state index in [0.717, 1.165) is 6.07 Å². The van der Waals surface area contributed by atoms with Crippen molar-refractivity contribution in [3.63, 3.8) is 0 Å². The lowest BCUT2D eigenvalue weighted by Gasteiger charge is -2.07. The maximum absolute atomic E-state index is 12.1. The second-order valence-electron chi connectivity index (χ2n) is 3.47. The Labute approximate surface area is 105 Å². The average Bonchev–Trinajstić information content (AvgIpc) is 2.27. The molecule has 0 aliphatic carbocycles. The number of carbonyl (C=O) groups excluding carboxylic acids is 1. The van der Waals surface area contributed by atoms with Crippen LogP contribution >= 0.6 is 0 Å². The van der Waals surface area contributed by atoms with Gasteiger partial charge in [0.1, 0.15) is 5.70 Å². The molecule has 0 aliphatic heterocycles. The molecular formula is C11H9F3N2O3. The third-order valence-corrected chi connectivity index (χ3v) is 1.99. The minimum atomic E-state index is -4.79. The number of hydrogen-bond donors (Lipinski definition) is 3. The van der Waals surface area contributed by atoms with E-state index in [1.54, 1.807) is 0 Å². The van der Waals surface area contributed by atoms with E-state index in [1.165, 1.54) is 18.2 Å². The number of aromatic carboxylic acids is 1. The Balaban J connectivity index is 2.83. The monoisotopic (exact) mass is 274 g/mol. The molecule has 4 N–H and O–H groups in total. The van der Waals surface area contributed by atoms with Crippen molar-refractivity contribution >= 4 is 17.6 Å². The Morgan fingerprint density at radius 1 is 1.32 bits per heavy atom. The zero-order valence-corrected chi connectivity index (χ0v) is 9.36. The summed E-state index contributed by atoms with van der Waals surface area (Å²) in [6, 6.07) is 5.06. The highest BCUT2D eigenvalue weighted by Crippen LogP contribution is 2.21. The molecule has 0 spiro atoms. The molecule has 0 saturated carbocycles. The molecule has 0 unspecified atom stereocenters. The zero-order chi connectivity index (χ0) is 14.6.